The van der Waals surface area contributed by atoms with Crippen LogP contribution in [0.15, 0.2) is 47.2 Å². The highest BCUT2D eigenvalue weighted by atomic mass is 32.1. The van der Waals surface area contributed by atoms with Gasteiger partial charge in [-0.2, -0.15) is 0 Å². The van der Waals surface area contributed by atoms with Crippen molar-refractivity contribution in [2.24, 2.45) is 0 Å². The van der Waals surface area contributed by atoms with E-state index in [2.05, 4.69) is 56.7 Å². The Labute approximate surface area is 122 Å². The average molecular weight is 300 g/mol. The first-order chi connectivity index (χ1) is 9.43. The Morgan fingerprint density at radius 2 is 1.47 bits per heavy atom. The summed E-state index contributed by atoms with van der Waals surface area (Å²) >= 11 is 4.96. The van der Waals surface area contributed by atoms with Gasteiger partial charge < -0.3 is 0 Å². The van der Waals surface area contributed by atoms with E-state index in [4.69, 9.17) is 0 Å². The van der Waals surface area contributed by atoms with E-state index >= 15 is 0 Å². The van der Waals surface area contributed by atoms with Crippen LogP contribution in [0.3, 0.4) is 0 Å². The van der Waals surface area contributed by atoms with E-state index < -0.39 is 0 Å². The van der Waals surface area contributed by atoms with Crippen LogP contribution in [0.5, 0.6) is 0 Å². The maximum absolute atomic E-state index is 4.32. The molecule has 0 saturated heterocycles. The molecule has 0 radical (unpaired) electrons. The summed E-state index contributed by atoms with van der Waals surface area (Å²) in [6.45, 7) is 0. The minimum Gasteiger partial charge on any atom is -0.144 e. The lowest BCUT2D eigenvalue weighted by molar-refractivity contribution is 1.20. The van der Waals surface area contributed by atoms with Crippen LogP contribution in [0.1, 0.15) is 0 Å². The number of hydrogen-bond donors (Lipinski definition) is 0. The smallest absolute Gasteiger partial charge is 0.115 e. The third-order valence-electron chi connectivity index (χ3n) is 2.98. The number of hydrogen-bond acceptors (Lipinski definition) is 5. The quantitative estimate of drug-likeness (QED) is 0.512. The van der Waals surface area contributed by atoms with Crippen LogP contribution in [-0.4, -0.2) is 9.59 Å². The van der Waals surface area contributed by atoms with Crippen LogP contribution in [0.4, 0.5) is 0 Å². The van der Waals surface area contributed by atoms with Crippen LogP contribution < -0.4 is 0 Å². The van der Waals surface area contributed by atoms with Crippen molar-refractivity contribution >= 4 is 44.4 Å². The highest BCUT2D eigenvalue weighted by molar-refractivity contribution is 7.16. The van der Waals surface area contributed by atoms with Crippen molar-refractivity contribution in [1.29, 1.82) is 0 Å². The molecular formula is C14H8N2S3. The average Bonchev–Trinajstić information content (AvgIpc) is 3.19. The standard InChI is InChI=1S/C14H8N2S3/c1-3-11(17-7-1)9-5-6-10(12-4-2-8-18-12)14-13(9)15-16-19-14/h1-8H. The van der Waals surface area contributed by atoms with Gasteiger partial charge in [0.1, 0.15) is 5.52 Å². The fraction of sp³-hybridized carbons (Fsp3) is 0. The molecule has 0 atom stereocenters. The lowest BCUT2D eigenvalue weighted by atomic mass is 10.1. The molecular weight excluding hydrogens is 292 g/mol. The van der Waals surface area contributed by atoms with E-state index in [-0.39, 0.29) is 0 Å². The van der Waals surface area contributed by atoms with Gasteiger partial charge in [-0.15, -0.1) is 27.8 Å². The molecule has 0 spiro atoms. The van der Waals surface area contributed by atoms with Crippen LogP contribution in [0.25, 0.3) is 31.1 Å². The molecule has 3 aromatic heterocycles. The predicted molar refractivity (Wildman–Crippen MR) is 84.0 cm³/mol. The third kappa shape index (κ3) is 1.82. The molecule has 19 heavy (non-hydrogen) atoms. The van der Waals surface area contributed by atoms with Gasteiger partial charge in [-0.1, -0.05) is 28.8 Å². The van der Waals surface area contributed by atoms with Gasteiger partial charge in [0, 0.05) is 20.9 Å². The summed E-state index contributed by atoms with van der Waals surface area (Å²) in [7, 11) is 0. The largest absolute Gasteiger partial charge is 0.144 e. The molecule has 0 bridgehead atoms. The number of aromatic nitrogens is 2. The molecule has 92 valence electrons. The van der Waals surface area contributed by atoms with Crippen molar-refractivity contribution in [3.8, 4) is 20.9 Å². The van der Waals surface area contributed by atoms with Gasteiger partial charge in [-0.05, 0) is 34.4 Å². The first kappa shape index (κ1) is 11.3. The van der Waals surface area contributed by atoms with Crippen LogP contribution in [-0.2, 0) is 0 Å². The fourth-order valence-corrected chi connectivity index (χ4v) is 4.41. The summed E-state index contributed by atoms with van der Waals surface area (Å²) in [6.07, 6.45) is 0. The monoisotopic (exact) mass is 300 g/mol. The molecule has 1 aromatic carbocycles. The Morgan fingerprint density at radius 1 is 0.789 bits per heavy atom. The molecule has 0 N–H and O–H groups in total. The Kier molecular flexibility index (Phi) is 2.69. The molecule has 3 heterocycles. The molecule has 0 aliphatic carbocycles. The maximum Gasteiger partial charge on any atom is 0.115 e. The van der Waals surface area contributed by atoms with Crippen molar-refractivity contribution in [2.75, 3.05) is 0 Å². The molecule has 0 aliphatic heterocycles. The van der Waals surface area contributed by atoms with Gasteiger partial charge in [-0.3, -0.25) is 0 Å². The summed E-state index contributed by atoms with van der Waals surface area (Å²) in [5.74, 6) is 0. The molecule has 4 aromatic rings. The third-order valence-corrected chi connectivity index (χ3v) is 5.54. The Bertz CT molecular complexity index is 746. The lowest BCUT2D eigenvalue weighted by Gasteiger charge is -2.03. The van der Waals surface area contributed by atoms with Crippen molar-refractivity contribution in [3.63, 3.8) is 0 Å². The predicted octanol–water partition coefficient (Wildman–Crippen LogP) is 5.15. The number of nitrogens with zero attached hydrogens (tertiary/aromatic N) is 2. The molecule has 2 nitrogen and oxygen atoms in total. The zero-order valence-corrected chi connectivity index (χ0v) is 12.2. The number of fused-ring (bicyclic) bond motifs is 1. The molecule has 0 amide bonds. The maximum atomic E-state index is 4.32. The van der Waals surface area contributed by atoms with Crippen molar-refractivity contribution < 1.29 is 0 Å². The molecule has 4 rings (SSSR count). The topological polar surface area (TPSA) is 25.8 Å². The summed E-state index contributed by atoms with van der Waals surface area (Å²) in [6, 6.07) is 12.8. The number of benzene rings is 1. The van der Waals surface area contributed by atoms with Gasteiger partial charge in [0.2, 0.25) is 0 Å². The fourth-order valence-electron chi connectivity index (χ4n) is 2.12. The summed E-state index contributed by atoms with van der Waals surface area (Å²) in [5.41, 5.74) is 3.43. The number of thiophene rings is 2. The SMILES string of the molecule is c1csc(-c2ccc(-c3cccs3)c3snnc23)c1. The molecule has 0 saturated carbocycles. The zero-order chi connectivity index (χ0) is 12.7. The Balaban J connectivity index is 2.01. The number of rotatable bonds is 2. The molecule has 5 heteroatoms. The minimum atomic E-state index is 1.01. The second-order valence-electron chi connectivity index (χ2n) is 4.07. The van der Waals surface area contributed by atoms with Crippen LogP contribution in [0.2, 0.25) is 0 Å². The second kappa shape index (κ2) is 4.52. The second-order valence-corrected chi connectivity index (χ2v) is 6.72. The van der Waals surface area contributed by atoms with E-state index in [1.54, 1.807) is 22.7 Å². The van der Waals surface area contributed by atoms with Gasteiger partial charge in [0.05, 0.1) is 4.70 Å². The van der Waals surface area contributed by atoms with Gasteiger partial charge in [0.25, 0.3) is 0 Å². The van der Waals surface area contributed by atoms with Gasteiger partial charge in [-0.25, -0.2) is 0 Å². The highest BCUT2D eigenvalue weighted by Crippen LogP contribution is 2.38. The van der Waals surface area contributed by atoms with Crippen molar-refractivity contribution in [1.82, 2.24) is 9.59 Å². The molecule has 0 aliphatic rings. The first-order valence-corrected chi connectivity index (χ1v) is 8.29. The normalized spacial score (nSPS) is 11.2. The van der Waals surface area contributed by atoms with E-state index in [9.17, 15) is 0 Å². The summed E-state index contributed by atoms with van der Waals surface area (Å²) < 4.78 is 5.32. The minimum absolute atomic E-state index is 1.01. The van der Waals surface area contributed by atoms with Crippen LogP contribution in [0, 0.1) is 0 Å². The summed E-state index contributed by atoms with van der Waals surface area (Å²) in [5, 5.41) is 8.52. The van der Waals surface area contributed by atoms with Gasteiger partial charge >= 0.3 is 0 Å². The van der Waals surface area contributed by atoms with E-state index in [1.807, 2.05) is 0 Å². The molecule has 0 unspecified atom stereocenters. The summed E-state index contributed by atoms with van der Waals surface area (Å²) in [4.78, 5) is 2.52. The Hall–Kier alpha value is -1.56. The van der Waals surface area contributed by atoms with Crippen LogP contribution >= 0.6 is 34.2 Å². The van der Waals surface area contributed by atoms with E-state index in [1.165, 1.54) is 37.1 Å². The highest BCUT2D eigenvalue weighted by Gasteiger charge is 2.13. The van der Waals surface area contributed by atoms with E-state index in [0.29, 0.717) is 0 Å². The van der Waals surface area contributed by atoms with Crippen molar-refractivity contribution in [3.05, 3.63) is 47.2 Å². The van der Waals surface area contributed by atoms with Crippen molar-refractivity contribution in [2.45, 2.75) is 0 Å². The molecule has 0 fully saturated rings. The van der Waals surface area contributed by atoms with Gasteiger partial charge in [0.15, 0.2) is 0 Å². The zero-order valence-electron chi connectivity index (χ0n) is 9.74. The first-order valence-electron chi connectivity index (χ1n) is 5.76. The van der Waals surface area contributed by atoms with E-state index in [0.717, 1.165) is 5.52 Å². The Morgan fingerprint density at radius 3 is 2.16 bits per heavy atom. The lowest BCUT2D eigenvalue weighted by Crippen LogP contribution is -1.80.